The molecule has 0 radical (unpaired) electrons. The van der Waals surface area contributed by atoms with Crippen molar-refractivity contribution in [2.45, 2.75) is 12.6 Å². The minimum absolute atomic E-state index is 0.00714. The average molecular weight is 371 g/mol. The molecule has 10 heteroatoms. The lowest BCUT2D eigenvalue weighted by atomic mass is 10.1. The summed E-state index contributed by atoms with van der Waals surface area (Å²) in [5.74, 6) is -0.195. The van der Waals surface area contributed by atoms with E-state index < -0.39 is 27.7 Å². The van der Waals surface area contributed by atoms with Crippen LogP contribution in [0.3, 0.4) is 0 Å². The van der Waals surface area contributed by atoms with Crippen LogP contribution in [0, 0.1) is 12.3 Å². The lowest BCUT2D eigenvalue weighted by Crippen LogP contribution is -2.06. The molecule has 1 heterocycles. The van der Waals surface area contributed by atoms with Crippen molar-refractivity contribution in [1.29, 1.82) is 0 Å². The monoisotopic (exact) mass is 371 g/mol. The molecule has 1 aromatic carbocycles. The molecule has 0 spiro atoms. The van der Waals surface area contributed by atoms with E-state index in [4.69, 9.17) is 6.42 Å². The Morgan fingerprint density at radius 3 is 2.52 bits per heavy atom. The maximum atomic E-state index is 12.4. The number of carbonyl (C=O) groups excluding carboxylic acids is 1. The molecule has 1 amide bonds. The fourth-order valence-corrected chi connectivity index (χ4v) is 2.63. The minimum Gasteiger partial charge on any atom is -0.329 e. The Labute approximate surface area is 141 Å². The van der Waals surface area contributed by atoms with E-state index >= 15 is 0 Å². The van der Waals surface area contributed by atoms with Gasteiger partial charge < -0.3 is 4.52 Å². The Kier molecular flexibility index (Phi) is 5.27. The highest BCUT2D eigenvalue weighted by Gasteiger charge is 2.38. The average Bonchev–Trinajstić information content (AvgIpc) is 2.96. The third-order valence-electron chi connectivity index (χ3n) is 2.90. The summed E-state index contributed by atoms with van der Waals surface area (Å²) in [7, 11) is -2.80. The fourth-order valence-electron chi connectivity index (χ4n) is 1.80. The van der Waals surface area contributed by atoms with Crippen molar-refractivity contribution < 1.29 is 26.7 Å². The molecule has 0 aliphatic heterocycles. The van der Waals surface area contributed by atoms with Crippen LogP contribution in [0.2, 0.25) is 0 Å². The largest absolute Gasteiger partial charge is 0.471 e. The molecule has 0 fully saturated rings. The van der Waals surface area contributed by atoms with Crippen LogP contribution in [-0.4, -0.2) is 32.3 Å². The first-order chi connectivity index (χ1) is 11.6. The van der Waals surface area contributed by atoms with Crippen LogP contribution in [0.4, 0.5) is 13.2 Å². The van der Waals surface area contributed by atoms with E-state index in [0.717, 1.165) is 0 Å². The van der Waals surface area contributed by atoms with E-state index in [0.29, 0.717) is 5.56 Å². The van der Waals surface area contributed by atoms with E-state index in [9.17, 15) is 22.2 Å². The normalized spacial score (nSPS) is 13.7. The van der Waals surface area contributed by atoms with Crippen molar-refractivity contribution >= 4 is 15.6 Å². The lowest BCUT2D eigenvalue weighted by molar-refractivity contribution is -0.159. The van der Waals surface area contributed by atoms with Crippen LogP contribution in [0.1, 0.15) is 27.6 Å². The smallest absolute Gasteiger partial charge is 0.329 e. The van der Waals surface area contributed by atoms with E-state index in [1.165, 1.54) is 30.5 Å². The molecule has 2 aromatic rings. The molecule has 6 nitrogen and oxygen atoms in total. The zero-order valence-electron chi connectivity index (χ0n) is 12.9. The molecular formula is C15H12F3N3O3S. The minimum atomic E-state index is -4.70. The second-order valence-electron chi connectivity index (χ2n) is 5.09. The maximum absolute atomic E-state index is 12.4. The Hall–Kier alpha value is -2.67. The van der Waals surface area contributed by atoms with Crippen molar-refractivity contribution in [2.24, 2.45) is 4.36 Å². The number of hydrogen-bond acceptors (Lipinski definition) is 5. The van der Waals surface area contributed by atoms with Crippen LogP contribution in [0.5, 0.6) is 0 Å². The highest BCUT2D eigenvalue weighted by Crippen LogP contribution is 2.27. The van der Waals surface area contributed by atoms with Gasteiger partial charge in [0, 0.05) is 18.2 Å². The molecule has 0 saturated heterocycles. The first-order valence-corrected chi connectivity index (χ1v) is 8.86. The summed E-state index contributed by atoms with van der Waals surface area (Å²) in [6, 6.07) is 5.84. The van der Waals surface area contributed by atoms with Crippen LogP contribution in [-0.2, 0) is 22.3 Å². The summed E-state index contributed by atoms with van der Waals surface area (Å²) >= 11 is 0. The summed E-state index contributed by atoms with van der Waals surface area (Å²) in [4.78, 5) is 15.2. The summed E-state index contributed by atoms with van der Waals surface area (Å²) in [6.45, 7) is 0. The summed E-state index contributed by atoms with van der Waals surface area (Å²) in [5.41, 5.74) is 0.742. The molecule has 0 saturated carbocycles. The maximum Gasteiger partial charge on any atom is 0.471 e. The van der Waals surface area contributed by atoms with Gasteiger partial charge in [0.1, 0.15) is 0 Å². The summed E-state index contributed by atoms with van der Waals surface area (Å²) in [5, 5.41) is 3.26. The van der Waals surface area contributed by atoms with Crippen LogP contribution in [0.15, 0.2) is 33.2 Å². The quantitative estimate of drug-likeness (QED) is 0.771. The molecule has 1 atom stereocenters. The predicted octanol–water partition coefficient (Wildman–Crippen LogP) is 2.55. The number of amides is 1. The summed E-state index contributed by atoms with van der Waals surface area (Å²) in [6.07, 6.45) is 1.64. The molecule has 25 heavy (non-hydrogen) atoms. The van der Waals surface area contributed by atoms with Crippen molar-refractivity contribution in [2.75, 3.05) is 12.0 Å². The third kappa shape index (κ3) is 5.15. The number of aromatic nitrogens is 2. The standard InChI is InChI=1S/C15H12F3N3O3S/c1-3-8-25(2,23)21-13(22)11-6-4-10(5-7-11)9-12-19-14(24-20-12)15(16,17)18/h1,4-7H,8-9H2,2H3. The van der Waals surface area contributed by atoms with Crippen molar-refractivity contribution in [3.8, 4) is 12.3 Å². The van der Waals surface area contributed by atoms with Gasteiger partial charge in [-0.3, -0.25) is 4.79 Å². The molecule has 132 valence electrons. The van der Waals surface area contributed by atoms with Gasteiger partial charge in [-0.15, -0.1) is 6.42 Å². The summed E-state index contributed by atoms with van der Waals surface area (Å²) < 4.78 is 56.8. The zero-order valence-corrected chi connectivity index (χ0v) is 13.7. The van der Waals surface area contributed by atoms with Crippen LogP contribution < -0.4 is 0 Å². The molecule has 0 aliphatic rings. The van der Waals surface area contributed by atoms with Gasteiger partial charge in [-0.05, 0) is 17.7 Å². The molecule has 1 unspecified atom stereocenters. The number of nitrogens with zero attached hydrogens (tertiary/aromatic N) is 3. The molecule has 1 aromatic heterocycles. The first kappa shape index (κ1) is 18.7. The van der Waals surface area contributed by atoms with Crippen molar-refractivity contribution in [3.63, 3.8) is 0 Å². The Morgan fingerprint density at radius 1 is 1.36 bits per heavy atom. The van der Waals surface area contributed by atoms with Gasteiger partial charge in [0.05, 0.1) is 15.5 Å². The number of rotatable bonds is 4. The van der Waals surface area contributed by atoms with Gasteiger partial charge in [0.25, 0.3) is 5.91 Å². The Balaban J connectivity index is 2.13. The predicted molar refractivity (Wildman–Crippen MR) is 83.1 cm³/mol. The van der Waals surface area contributed by atoms with Crippen LogP contribution >= 0.6 is 0 Å². The topological polar surface area (TPSA) is 85.4 Å². The Bertz CT molecular complexity index is 933. The van der Waals surface area contributed by atoms with Gasteiger partial charge in [0.2, 0.25) is 0 Å². The fraction of sp³-hybridized carbons (Fsp3) is 0.267. The second-order valence-corrected chi connectivity index (χ2v) is 7.48. The van der Waals surface area contributed by atoms with E-state index in [1.54, 1.807) is 0 Å². The number of hydrogen-bond donors (Lipinski definition) is 0. The highest BCUT2D eigenvalue weighted by molar-refractivity contribution is 7.93. The van der Waals surface area contributed by atoms with Gasteiger partial charge in [-0.25, -0.2) is 4.21 Å². The highest BCUT2D eigenvalue weighted by atomic mass is 32.2. The SMILES string of the molecule is C#CCS(C)(=O)=NC(=O)c1ccc(Cc2noc(C(F)(F)F)n2)cc1. The van der Waals surface area contributed by atoms with Gasteiger partial charge in [-0.1, -0.05) is 23.2 Å². The number of halogens is 3. The lowest BCUT2D eigenvalue weighted by Gasteiger charge is -2.01. The first-order valence-electron chi connectivity index (χ1n) is 6.77. The number of carbonyl (C=O) groups is 1. The van der Waals surface area contributed by atoms with Gasteiger partial charge in [0.15, 0.2) is 5.82 Å². The number of terminal acetylenes is 1. The van der Waals surface area contributed by atoms with Crippen molar-refractivity contribution in [3.05, 3.63) is 47.1 Å². The molecule has 0 bridgehead atoms. The Morgan fingerprint density at radius 2 is 2.00 bits per heavy atom. The van der Waals surface area contributed by atoms with E-state index in [2.05, 4.69) is 24.9 Å². The van der Waals surface area contributed by atoms with E-state index in [1.807, 2.05) is 0 Å². The third-order valence-corrected chi connectivity index (χ3v) is 4.16. The molecular weight excluding hydrogens is 359 g/mol. The van der Waals surface area contributed by atoms with Gasteiger partial charge >= 0.3 is 12.1 Å². The van der Waals surface area contributed by atoms with Gasteiger partial charge in [-0.2, -0.15) is 22.5 Å². The molecule has 2 rings (SSSR count). The number of alkyl halides is 3. The van der Waals surface area contributed by atoms with Crippen molar-refractivity contribution in [1.82, 2.24) is 10.1 Å². The number of benzene rings is 1. The molecule has 0 aliphatic carbocycles. The zero-order chi connectivity index (χ0) is 18.7. The molecule has 0 N–H and O–H groups in total. The second kappa shape index (κ2) is 7.06. The van der Waals surface area contributed by atoms with E-state index in [-0.39, 0.29) is 23.6 Å². The van der Waals surface area contributed by atoms with Crippen LogP contribution in [0.25, 0.3) is 0 Å².